The molecule has 0 aromatic rings. The first-order chi connectivity index (χ1) is 7.50. The molecule has 1 aliphatic rings. The van der Waals surface area contributed by atoms with E-state index < -0.39 is 0 Å². The summed E-state index contributed by atoms with van der Waals surface area (Å²) < 4.78 is 0. The van der Waals surface area contributed by atoms with Gasteiger partial charge in [0, 0.05) is 19.1 Å². The summed E-state index contributed by atoms with van der Waals surface area (Å²) in [5, 5.41) is 3.62. The summed E-state index contributed by atoms with van der Waals surface area (Å²) in [5.41, 5.74) is 0. The summed E-state index contributed by atoms with van der Waals surface area (Å²) in [6.07, 6.45) is 1.38. The van der Waals surface area contributed by atoms with Crippen LogP contribution in [0.3, 0.4) is 0 Å². The van der Waals surface area contributed by atoms with E-state index >= 15 is 0 Å². The Balaban J connectivity index is 2.35. The maximum atomic E-state index is 3.62. The van der Waals surface area contributed by atoms with E-state index in [0.29, 0.717) is 0 Å². The van der Waals surface area contributed by atoms with Gasteiger partial charge in [-0.3, -0.25) is 4.90 Å². The van der Waals surface area contributed by atoms with Gasteiger partial charge in [0.05, 0.1) is 0 Å². The van der Waals surface area contributed by atoms with Crippen molar-refractivity contribution >= 4 is 0 Å². The summed E-state index contributed by atoms with van der Waals surface area (Å²) in [4.78, 5) is 2.68. The average molecular weight is 226 g/mol. The molecule has 1 rings (SSSR count). The number of likely N-dealkylation sites (tertiary alicyclic amines) is 1. The average Bonchev–Trinajstić information content (AvgIpc) is 2.58. The van der Waals surface area contributed by atoms with Gasteiger partial charge in [-0.15, -0.1) is 0 Å². The Kier molecular flexibility index (Phi) is 5.77. The number of rotatable bonds is 6. The normalized spacial score (nSPS) is 24.6. The molecule has 1 N–H and O–H groups in total. The van der Waals surface area contributed by atoms with Gasteiger partial charge in [0.2, 0.25) is 0 Å². The molecule has 1 fully saturated rings. The lowest BCUT2D eigenvalue weighted by atomic mass is 10.0. The van der Waals surface area contributed by atoms with Gasteiger partial charge in [0.25, 0.3) is 0 Å². The fourth-order valence-corrected chi connectivity index (χ4v) is 2.58. The van der Waals surface area contributed by atoms with Gasteiger partial charge in [-0.25, -0.2) is 0 Å². The molecule has 2 nitrogen and oxygen atoms in total. The van der Waals surface area contributed by atoms with E-state index in [9.17, 15) is 0 Å². The van der Waals surface area contributed by atoms with Gasteiger partial charge in [-0.1, -0.05) is 34.6 Å². The maximum absolute atomic E-state index is 3.62. The highest BCUT2D eigenvalue weighted by Gasteiger charge is 2.27. The highest BCUT2D eigenvalue weighted by Crippen LogP contribution is 2.21. The molecule has 0 aromatic carbocycles. The molecule has 0 spiro atoms. The largest absolute Gasteiger partial charge is 0.315 e. The first kappa shape index (κ1) is 14.0. The molecule has 0 saturated carbocycles. The molecule has 16 heavy (non-hydrogen) atoms. The van der Waals surface area contributed by atoms with E-state index in [1.807, 2.05) is 0 Å². The van der Waals surface area contributed by atoms with Crippen LogP contribution in [0.4, 0.5) is 0 Å². The van der Waals surface area contributed by atoms with Gasteiger partial charge in [-0.05, 0) is 37.3 Å². The number of hydrogen-bond donors (Lipinski definition) is 1. The predicted molar refractivity (Wildman–Crippen MR) is 71.7 cm³/mol. The van der Waals surface area contributed by atoms with Gasteiger partial charge in [-0.2, -0.15) is 0 Å². The highest BCUT2D eigenvalue weighted by atomic mass is 15.2. The van der Waals surface area contributed by atoms with E-state index in [1.54, 1.807) is 0 Å². The van der Waals surface area contributed by atoms with Gasteiger partial charge in [0.15, 0.2) is 0 Å². The van der Waals surface area contributed by atoms with Crippen LogP contribution < -0.4 is 5.32 Å². The van der Waals surface area contributed by atoms with E-state index in [0.717, 1.165) is 36.9 Å². The van der Waals surface area contributed by atoms with E-state index in [4.69, 9.17) is 0 Å². The second-order valence-electron chi connectivity index (χ2n) is 6.25. The zero-order valence-electron chi connectivity index (χ0n) is 11.8. The van der Waals surface area contributed by atoms with Gasteiger partial charge < -0.3 is 5.32 Å². The topological polar surface area (TPSA) is 15.3 Å². The molecule has 96 valence electrons. The molecular weight excluding hydrogens is 196 g/mol. The summed E-state index contributed by atoms with van der Waals surface area (Å²) >= 11 is 0. The lowest BCUT2D eigenvalue weighted by molar-refractivity contribution is 0.180. The van der Waals surface area contributed by atoms with Crippen LogP contribution in [0.2, 0.25) is 0 Å². The second kappa shape index (κ2) is 6.61. The Morgan fingerprint density at radius 3 is 2.31 bits per heavy atom. The molecule has 0 amide bonds. The second-order valence-corrected chi connectivity index (χ2v) is 6.25. The minimum absolute atomic E-state index is 0.726. The fraction of sp³-hybridized carbons (Fsp3) is 1.00. The molecule has 2 atom stereocenters. The molecule has 1 saturated heterocycles. The van der Waals surface area contributed by atoms with Gasteiger partial charge in [0.1, 0.15) is 0 Å². The van der Waals surface area contributed by atoms with E-state index in [2.05, 4.69) is 44.8 Å². The lowest BCUT2D eigenvalue weighted by Crippen LogP contribution is -2.45. The standard InChI is InChI=1S/C14H30N2/c1-11(2)8-15-9-14(12(3)4)16-7-6-13(5)10-16/h11-15H,6-10H2,1-5H3. The van der Waals surface area contributed by atoms with E-state index in [-0.39, 0.29) is 0 Å². The zero-order valence-corrected chi connectivity index (χ0v) is 11.8. The first-order valence-electron chi connectivity index (χ1n) is 6.95. The summed E-state index contributed by atoms with van der Waals surface area (Å²) in [7, 11) is 0. The SMILES string of the molecule is CC(C)CNCC(C(C)C)N1CCC(C)C1. The molecule has 2 unspecified atom stereocenters. The number of nitrogens with zero attached hydrogens (tertiary/aromatic N) is 1. The lowest BCUT2D eigenvalue weighted by Gasteiger charge is -2.31. The molecule has 0 radical (unpaired) electrons. The highest BCUT2D eigenvalue weighted by molar-refractivity contribution is 4.83. The van der Waals surface area contributed by atoms with Gasteiger partial charge >= 0.3 is 0 Å². The molecule has 0 aliphatic carbocycles. The van der Waals surface area contributed by atoms with Crippen molar-refractivity contribution in [1.82, 2.24) is 10.2 Å². The quantitative estimate of drug-likeness (QED) is 0.749. The van der Waals surface area contributed by atoms with Crippen LogP contribution in [0.25, 0.3) is 0 Å². The van der Waals surface area contributed by atoms with Crippen molar-refractivity contribution in [2.24, 2.45) is 17.8 Å². The maximum Gasteiger partial charge on any atom is 0.0243 e. The minimum Gasteiger partial charge on any atom is -0.315 e. The molecular formula is C14H30N2. The van der Waals surface area contributed by atoms with Crippen LogP contribution >= 0.6 is 0 Å². The Morgan fingerprint density at radius 1 is 1.19 bits per heavy atom. The minimum atomic E-state index is 0.726. The number of hydrogen-bond acceptors (Lipinski definition) is 2. The third kappa shape index (κ3) is 4.42. The number of nitrogens with one attached hydrogen (secondary N) is 1. The Hall–Kier alpha value is -0.0800. The van der Waals surface area contributed by atoms with E-state index in [1.165, 1.54) is 19.5 Å². The van der Waals surface area contributed by atoms with Crippen molar-refractivity contribution in [1.29, 1.82) is 0 Å². The van der Waals surface area contributed by atoms with Crippen molar-refractivity contribution in [3.63, 3.8) is 0 Å². The van der Waals surface area contributed by atoms with Crippen LogP contribution in [-0.4, -0.2) is 37.1 Å². The molecule has 0 bridgehead atoms. The Bertz CT molecular complexity index is 189. The van der Waals surface area contributed by atoms with Crippen molar-refractivity contribution in [3.05, 3.63) is 0 Å². The fourth-order valence-electron chi connectivity index (χ4n) is 2.58. The molecule has 2 heteroatoms. The van der Waals surface area contributed by atoms with Crippen LogP contribution in [0.5, 0.6) is 0 Å². The summed E-state index contributed by atoms with van der Waals surface area (Å²) in [6, 6.07) is 0.726. The third-order valence-electron chi connectivity index (χ3n) is 3.60. The third-order valence-corrected chi connectivity index (χ3v) is 3.60. The Morgan fingerprint density at radius 2 is 1.88 bits per heavy atom. The van der Waals surface area contributed by atoms with Crippen LogP contribution in [0.15, 0.2) is 0 Å². The van der Waals surface area contributed by atoms with Crippen LogP contribution in [0, 0.1) is 17.8 Å². The zero-order chi connectivity index (χ0) is 12.1. The van der Waals surface area contributed by atoms with Crippen molar-refractivity contribution in [3.8, 4) is 0 Å². The van der Waals surface area contributed by atoms with Crippen LogP contribution in [-0.2, 0) is 0 Å². The summed E-state index contributed by atoms with van der Waals surface area (Å²) in [5.74, 6) is 2.40. The first-order valence-corrected chi connectivity index (χ1v) is 6.95. The summed E-state index contributed by atoms with van der Waals surface area (Å²) in [6.45, 7) is 16.5. The van der Waals surface area contributed by atoms with Crippen molar-refractivity contribution < 1.29 is 0 Å². The van der Waals surface area contributed by atoms with Crippen LogP contribution in [0.1, 0.15) is 41.0 Å². The molecule has 0 aromatic heterocycles. The van der Waals surface area contributed by atoms with Crippen molar-refractivity contribution in [2.75, 3.05) is 26.2 Å². The molecule has 1 heterocycles. The predicted octanol–water partition coefficient (Wildman–Crippen LogP) is 2.60. The molecule has 1 aliphatic heterocycles. The smallest absolute Gasteiger partial charge is 0.0243 e. The monoisotopic (exact) mass is 226 g/mol. The van der Waals surface area contributed by atoms with Crippen molar-refractivity contribution in [2.45, 2.75) is 47.1 Å². The Labute approximate surface area is 102 Å².